The molecule has 0 aliphatic carbocycles. The lowest BCUT2D eigenvalue weighted by atomic mass is 10.1. The summed E-state index contributed by atoms with van der Waals surface area (Å²) in [7, 11) is 4.91. The van der Waals surface area contributed by atoms with Crippen molar-refractivity contribution < 1.29 is 14.3 Å². The number of anilines is 1. The Hall–Kier alpha value is -1.71. The van der Waals surface area contributed by atoms with E-state index in [0.717, 1.165) is 22.6 Å². The summed E-state index contributed by atoms with van der Waals surface area (Å²) in [5.74, 6) is 0.638. The number of esters is 1. The van der Waals surface area contributed by atoms with Gasteiger partial charge in [-0.2, -0.15) is 0 Å². The first kappa shape index (κ1) is 13.4. The van der Waals surface area contributed by atoms with E-state index >= 15 is 0 Å². The average molecular weight is 237 g/mol. The molecule has 0 amide bonds. The lowest BCUT2D eigenvalue weighted by molar-refractivity contribution is -0.138. The van der Waals surface area contributed by atoms with Crippen molar-refractivity contribution in [2.24, 2.45) is 0 Å². The number of carbonyl (C=O) groups is 1. The molecule has 1 aromatic rings. The second kappa shape index (κ2) is 5.57. The lowest BCUT2D eigenvalue weighted by Crippen LogP contribution is -2.26. The fourth-order valence-electron chi connectivity index (χ4n) is 1.82. The smallest absolute Gasteiger partial charge is 0.325 e. The molecular weight excluding hydrogens is 218 g/mol. The first-order valence-corrected chi connectivity index (χ1v) is 5.42. The number of hydrogen-bond acceptors (Lipinski definition) is 4. The molecule has 4 nitrogen and oxygen atoms in total. The van der Waals surface area contributed by atoms with E-state index in [-0.39, 0.29) is 12.5 Å². The molecule has 0 bridgehead atoms. The third kappa shape index (κ3) is 3.12. The maximum Gasteiger partial charge on any atom is 0.325 e. The second-order valence-electron chi connectivity index (χ2n) is 4.05. The molecule has 4 heteroatoms. The van der Waals surface area contributed by atoms with Gasteiger partial charge in [-0.25, -0.2) is 0 Å². The van der Waals surface area contributed by atoms with Gasteiger partial charge in [0.25, 0.3) is 0 Å². The molecule has 0 fully saturated rings. The molecular formula is C13H19NO3. The normalized spacial score (nSPS) is 9.94. The van der Waals surface area contributed by atoms with Crippen molar-refractivity contribution in [3.63, 3.8) is 0 Å². The van der Waals surface area contributed by atoms with Gasteiger partial charge in [-0.15, -0.1) is 0 Å². The lowest BCUT2D eigenvalue weighted by Gasteiger charge is -2.20. The highest BCUT2D eigenvalue weighted by Gasteiger charge is 2.11. The van der Waals surface area contributed by atoms with Crippen LogP contribution in [0.15, 0.2) is 12.1 Å². The van der Waals surface area contributed by atoms with Gasteiger partial charge in [0.15, 0.2) is 0 Å². The Balaban J connectivity index is 2.96. The van der Waals surface area contributed by atoms with E-state index in [1.807, 2.05) is 37.9 Å². The monoisotopic (exact) mass is 237 g/mol. The van der Waals surface area contributed by atoms with Crippen LogP contribution in [0.5, 0.6) is 5.75 Å². The predicted molar refractivity (Wildman–Crippen MR) is 67.8 cm³/mol. The van der Waals surface area contributed by atoms with Gasteiger partial charge in [0, 0.05) is 12.7 Å². The molecule has 1 rings (SSSR count). The van der Waals surface area contributed by atoms with Crippen LogP contribution in [0.2, 0.25) is 0 Å². The molecule has 0 heterocycles. The molecule has 94 valence electrons. The highest BCUT2D eigenvalue weighted by atomic mass is 16.5. The van der Waals surface area contributed by atoms with Gasteiger partial charge in [-0.05, 0) is 37.1 Å². The number of ether oxygens (including phenoxy) is 2. The van der Waals surface area contributed by atoms with Crippen molar-refractivity contribution in [2.45, 2.75) is 13.8 Å². The summed E-state index contributed by atoms with van der Waals surface area (Å²) in [6.07, 6.45) is 0. The Labute approximate surface area is 102 Å². The maximum absolute atomic E-state index is 11.2. The first-order chi connectivity index (χ1) is 7.99. The van der Waals surface area contributed by atoms with Gasteiger partial charge in [0.1, 0.15) is 12.3 Å². The summed E-state index contributed by atoms with van der Waals surface area (Å²) < 4.78 is 9.95. The summed E-state index contributed by atoms with van der Waals surface area (Å²) in [6.45, 7) is 4.21. The molecule has 0 atom stereocenters. The zero-order valence-electron chi connectivity index (χ0n) is 11.0. The van der Waals surface area contributed by atoms with Crippen molar-refractivity contribution in [3.8, 4) is 5.75 Å². The Bertz CT molecular complexity index is 392. The van der Waals surface area contributed by atoms with E-state index < -0.39 is 0 Å². The van der Waals surface area contributed by atoms with E-state index in [1.165, 1.54) is 7.11 Å². The van der Waals surface area contributed by atoms with Gasteiger partial charge in [0.05, 0.1) is 14.2 Å². The minimum atomic E-state index is -0.251. The Morgan fingerprint density at radius 1 is 1.24 bits per heavy atom. The van der Waals surface area contributed by atoms with Crippen LogP contribution in [0.4, 0.5) is 5.69 Å². The fourth-order valence-corrected chi connectivity index (χ4v) is 1.82. The third-order valence-corrected chi connectivity index (χ3v) is 2.68. The van der Waals surface area contributed by atoms with Gasteiger partial charge in [0.2, 0.25) is 0 Å². The van der Waals surface area contributed by atoms with E-state index in [1.54, 1.807) is 7.11 Å². The highest BCUT2D eigenvalue weighted by molar-refractivity contribution is 5.75. The zero-order valence-corrected chi connectivity index (χ0v) is 11.0. The Morgan fingerprint density at radius 3 is 2.18 bits per heavy atom. The van der Waals surface area contributed by atoms with Crippen molar-refractivity contribution in [1.82, 2.24) is 0 Å². The fraction of sp³-hybridized carbons (Fsp3) is 0.462. The highest BCUT2D eigenvalue weighted by Crippen LogP contribution is 2.28. The standard InChI is InChI=1S/C13H19NO3/c1-9-6-11(7-10(2)13(9)17-5)14(3)8-12(15)16-4/h6-7H,8H2,1-5H3. The van der Waals surface area contributed by atoms with Crippen LogP contribution in [0.1, 0.15) is 11.1 Å². The molecule has 0 spiro atoms. The maximum atomic E-state index is 11.2. The Morgan fingerprint density at radius 2 is 1.76 bits per heavy atom. The molecule has 0 saturated heterocycles. The van der Waals surface area contributed by atoms with Gasteiger partial charge in [-0.1, -0.05) is 0 Å². The van der Waals surface area contributed by atoms with Gasteiger partial charge in [-0.3, -0.25) is 4.79 Å². The summed E-state index contributed by atoms with van der Waals surface area (Å²) in [6, 6.07) is 3.99. The number of methoxy groups -OCH3 is 2. The van der Waals surface area contributed by atoms with Crippen LogP contribution in [0.25, 0.3) is 0 Å². The zero-order chi connectivity index (χ0) is 13.0. The molecule has 1 aromatic carbocycles. The van der Waals surface area contributed by atoms with Crippen molar-refractivity contribution in [2.75, 3.05) is 32.7 Å². The SMILES string of the molecule is COC(=O)CN(C)c1cc(C)c(OC)c(C)c1. The van der Waals surface area contributed by atoms with Crippen LogP contribution in [0, 0.1) is 13.8 Å². The summed E-state index contributed by atoms with van der Waals surface area (Å²) >= 11 is 0. The summed E-state index contributed by atoms with van der Waals surface area (Å²) in [4.78, 5) is 13.1. The van der Waals surface area contributed by atoms with Crippen LogP contribution < -0.4 is 9.64 Å². The molecule has 0 unspecified atom stereocenters. The van der Waals surface area contributed by atoms with Gasteiger partial charge < -0.3 is 14.4 Å². The number of hydrogen-bond donors (Lipinski definition) is 0. The number of nitrogens with zero attached hydrogens (tertiary/aromatic N) is 1. The van der Waals surface area contributed by atoms with E-state index in [4.69, 9.17) is 4.74 Å². The van der Waals surface area contributed by atoms with Crippen molar-refractivity contribution in [3.05, 3.63) is 23.3 Å². The largest absolute Gasteiger partial charge is 0.496 e. The van der Waals surface area contributed by atoms with Crippen molar-refractivity contribution >= 4 is 11.7 Å². The van der Waals surface area contributed by atoms with Gasteiger partial charge >= 0.3 is 5.97 Å². The van der Waals surface area contributed by atoms with Crippen LogP contribution in [0.3, 0.4) is 0 Å². The van der Waals surface area contributed by atoms with E-state index in [0.29, 0.717) is 0 Å². The predicted octanol–water partition coefficient (Wildman–Crippen LogP) is 1.92. The Kier molecular flexibility index (Phi) is 4.37. The molecule has 0 aliphatic heterocycles. The molecule has 0 aromatic heterocycles. The average Bonchev–Trinajstić information content (AvgIpc) is 2.28. The quantitative estimate of drug-likeness (QED) is 0.750. The van der Waals surface area contributed by atoms with Crippen molar-refractivity contribution in [1.29, 1.82) is 0 Å². The number of benzene rings is 1. The third-order valence-electron chi connectivity index (χ3n) is 2.68. The summed E-state index contributed by atoms with van der Waals surface area (Å²) in [5.41, 5.74) is 3.09. The topological polar surface area (TPSA) is 38.8 Å². The molecule has 0 saturated carbocycles. The minimum absolute atomic E-state index is 0.238. The van der Waals surface area contributed by atoms with E-state index in [2.05, 4.69) is 4.74 Å². The first-order valence-electron chi connectivity index (χ1n) is 5.42. The number of likely N-dealkylation sites (N-methyl/N-ethyl adjacent to an activating group) is 1. The molecule has 17 heavy (non-hydrogen) atoms. The van der Waals surface area contributed by atoms with Crippen LogP contribution >= 0.6 is 0 Å². The molecule has 0 aliphatic rings. The van der Waals surface area contributed by atoms with E-state index in [9.17, 15) is 4.79 Å². The minimum Gasteiger partial charge on any atom is -0.496 e. The second-order valence-corrected chi connectivity index (χ2v) is 4.05. The molecule has 0 N–H and O–H groups in total. The number of rotatable bonds is 4. The summed E-state index contributed by atoms with van der Waals surface area (Å²) in [5, 5.41) is 0. The number of carbonyl (C=O) groups excluding carboxylic acids is 1. The van der Waals surface area contributed by atoms with Crippen LogP contribution in [-0.4, -0.2) is 33.8 Å². The molecule has 0 radical (unpaired) electrons. The number of aryl methyl sites for hydroxylation is 2. The van der Waals surface area contributed by atoms with Crippen LogP contribution in [-0.2, 0) is 9.53 Å².